The summed E-state index contributed by atoms with van der Waals surface area (Å²) in [7, 11) is 0. The van der Waals surface area contributed by atoms with Gasteiger partial charge in [0, 0.05) is 10.0 Å². The molecule has 3 unspecified atom stereocenters. The van der Waals surface area contributed by atoms with Gasteiger partial charge in [-0.2, -0.15) is 13.2 Å². The first-order valence-corrected chi connectivity index (χ1v) is 6.43. The molecule has 0 aromatic heterocycles. The number of rotatable bonds is 0. The Morgan fingerprint density at radius 3 is 2.33 bits per heavy atom. The zero-order valence-electron chi connectivity index (χ0n) is 7.08. The van der Waals surface area contributed by atoms with E-state index in [9.17, 15) is 17.6 Å². The van der Waals surface area contributed by atoms with E-state index in [0.29, 0.717) is 0 Å². The summed E-state index contributed by atoms with van der Waals surface area (Å²) < 4.78 is 47.3. The van der Waals surface area contributed by atoms with Gasteiger partial charge in [0.2, 0.25) is 0 Å². The van der Waals surface area contributed by atoms with Gasteiger partial charge in [-0.15, -0.1) is 0 Å². The molecule has 1 rings (SSSR count). The van der Waals surface area contributed by atoms with Crippen molar-refractivity contribution in [2.45, 2.75) is 27.5 Å². The van der Waals surface area contributed by atoms with E-state index in [2.05, 4.69) is 31.9 Å². The number of allylic oxidation sites excluding steroid dienone is 1. The Kier molecular flexibility index (Phi) is 3.87. The molecule has 0 heterocycles. The Labute approximate surface area is 114 Å². The lowest BCUT2D eigenvalue weighted by atomic mass is 9.88. The second-order valence-corrected chi connectivity index (χ2v) is 7.28. The molecular formula is C7H6Br2F4IN. The molecule has 0 radical (unpaired) electrons. The maximum Gasteiger partial charge on any atom is 0.405 e. The highest BCUT2D eigenvalue weighted by molar-refractivity contribution is 14.1. The summed E-state index contributed by atoms with van der Waals surface area (Å²) in [6.45, 7) is 0. The molecule has 0 bridgehead atoms. The van der Waals surface area contributed by atoms with Gasteiger partial charge in [0.15, 0.2) is 4.58 Å². The van der Waals surface area contributed by atoms with Gasteiger partial charge in [-0.05, 0) is 44.6 Å². The molecule has 3 atom stereocenters. The summed E-state index contributed by atoms with van der Waals surface area (Å²) in [6.07, 6.45) is -4.34. The molecule has 88 valence electrons. The summed E-state index contributed by atoms with van der Waals surface area (Å²) in [5.74, 6) is 0. The van der Waals surface area contributed by atoms with Crippen molar-refractivity contribution in [3.63, 3.8) is 0 Å². The van der Waals surface area contributed by atoms with Crippen LogP contribution in [0.25, 0.3) is 0 Å². The van der Waals surface area contributed by atoms with Crippen molar-refractivity contribution in [2.24, 2.45) is 5.73 Å². The van der Waals surface area contributed by atoms with E-state index in [1.165, 1.54) is 0 Å². The fourth-order valence-electron chi connectivity index (χ4n) is 1.29. The summed E-state index contributed by atoms with van der Waals surface area (Å²) in [4.78, 5) is 0. The molecule has 1 aliphatic carbocycles. The monoisotopic (exact) mass is 465 g/mol. The molecule has 0 amide bonds. The first kappa shape index (κ1) is 14.2. The summed E-state index contributed by atoms with van der Waals surface area (Å²) >= 11 is 6.74. The highest BCUT2D eigenvalue weighted by atomic mass is 127. The molecule has 1 aliphatic rings. The molecule has 0 fully saturated rings. The third-order valence-corrected chi connectivity index (χ3v) is 4.82. The Morgan fingerprint density at radius 2 is 1.93 bits per heavy atom. The normalized spacial score (nSPS) is 42.7. The van der Waals surface area contributed by atoms with E-state index in [1.54, 1.807) is 22.6 Å². The highest BCUT2D eigenvalue weighted by Gasteiger charge is 2.62. The molecular weight excluding hydrogens is 461 g/mol. The van der Waals surface area contributed by atoms with Crippen molar-refractivity contribution in [2.75, 3.05) is 0 Å². The molecule has 15 heavy (non-hydrogen) atoms. The van der Waals surface area contributed by atoms with E-state index in [-0.39, 0.29) is 3.58 Å². The van der Waals surface area contributed by atoms with Crippen LogP contribution in [0.15, 0.2) is 9.66 Å². The van der Waals surface area contributed by atoms with Crippen molar-refractivity contribution >= 4 is 54.5 Å². The molecule has 0 saturated carbocycles. The average molecular weight is 467 g/mol. The summed E-state index contributed by atoms with van der Waals surface area (Å²) in [5.41, 5.74) is 5.43. The second-order valence-electron chi connectivity index (χ2n) is 3.30. The molecule has 1 nitrogen and oxygen atoms in total. The van der Waals surface area contributed by atoms with E-state index in [4.69, 9.17) is 5.73 Å². The van der Waals surface area contributed by atoms with Crippen LogP contribution in [0.2, 0.25) is 0 Å². The standard InChI is InChI=1S/C7H6Br2F4IN/c8-5(10)1-3(14)4(15)6(9,2-5)7(11,12)13/h1,4H,2,15H2. The highest BCUT2D eigenvalue weighted by Crippen LogP contribution is 2.53. The molecule has 0 spiro atoms. The van der Waals surface area contributed by atoms with Gasteiger partial charge >= 0.3 is 6.18 Å². The van der Waals surface area contributed by atoms with Crippen molar-refractivity contribution in [3.8, 4) is 0 Å². The average Bonchev–Trinajstić information content (AvgIpc) is 1.96. The first-order valence-electron chi connectivity index (χ1n) is 3.77. The fourth-order valence-corrected chi connectivity index (χ4v) is 4.89. The Balaban J connectivity index is 3.19. The predicted octanol–water partition coefficient (Wildman–Crippen LogP) is 3.79. The maximum absolute atomic E-state index is 13.6. The smallest absolute Gasteiger partial charge is 0.322 e. The Bertz CT molecular complexity index is 304. The van der Waals surface area contributed by atoms with Crippen LogP contribution in [0.5, 0.6) is 0 Å². The maximum atomic E-state index is 13.6. The van der Waals surface area contributed by atoms with E-state index in [0.717, 1.165) is 6.08 Å². The third-order valence-electron chi connectivity index (χ3n) is 2.10. The topological polar surface area (TPSA) is 26.0 Å². The quantitative estimate of drug-likeness (QED) is 0.328. The fraction of sp³-hybridized carbons (Fsp3) is 0.714. The van der Waals surface area contributed by atoms with Gasteiger partial charge in [-0.25, -0.2) is 4.39 Å². The minimum atomic E-state index is -4.61. The largest absolute Gasteiger partial charge is 0.405 e. The second kappa shape index (κ2) is 4.09. The van der Waals surface area contributed by atoms with Gasteiger partial charge in [-0.1, -0.05) is 15.9 Å². The van der Waals surface area contributed by atoms with Crippen molar-refractivity contribution < 1.29 is 17.6 Å². The number of hydrogen-bond donors (Lipinski definition) is 1. The predicted molar refractivity (Wildman–Crippen MR) is 65.2 cm³/mol. The van der Waals surface area contributed by atoms with Crippen LogP contribution in [0, 0.1) is 0 Å². The van der Waals surface area contributed by atoms with Crippen LogP contribution < -0.4 is 5.73 Å². The van der Waals surface area contributed by atoms with Gasteiger partial charge in [0.1, 0.15) is 4.32 Å². The van der Waals surface area contributed by atoms with Crippen molar-refractivity contribution in [1.29, 1.82) is 0 Å². The van der Waals surface area contributed by atoms with Crippen LogP contribution in [0.4, 0.5) is 17.6 Å². The van der Waals surface area contributed by atoms with Gasteiger partial charge in [0.05, 0.1) is 6.04 Å². The molecule has 8 heteroatoms. The number of halogens is 7. The van der Waals surface area contributed by atoms with Crippen molar-refractivity contribution in [1.82, 2.24) is 0 Å². The zero-order chi connectivity index (χ0) is 12.1. The zero-order valence-corrected chi connectivity index (χ0v) is 12.4. The molecule has 0 saturated heterocycles. The van der Waals surface area contributed by atoms with Crippen LogP contribution in [0.3, 0.4) is 0 Å². The molecule has 0 aliphatic heterocycles. The lowest BCUT2D eigenvalue weighted by Crippen LogP contribution is -2.58. The van der Waals surface area contributed by atoms with Crippen LogP contribution in [-0.2, 0) is 0 Å². The summed E-state index contributed by atoms with van der Waals surface area (Å²) in [5, 5.41) is 0. The number of nitrogens with two attached hydrogens (primary N) is 1. The van der Waals surface area contributed by atoms with Crippen LogP contribution in [-0.4, -0.2) is 21.1 Å². The van der Waals surface area contributed by atoms with E-state index >= 15 is 0 Å². The van der Waals surface area contributed by atoms with E-state index in [1.807, 2.05) is 0 Å². The number of alkyl halides is 6. The van der Waals surface area contributed by atoms with Crippen LogP contribution >= 0.6 is 54.5 Å². The SMILES string of the molecule is NC1C(I)=CC(F)(Br)CC1(Br)C(F)(F)F. The van der Waals surface area contributed by atoms with Gasteiger partial charge in [0.25, 0.3) is 0 Å². The molecule has 0 aromatic carbocycles. The molecule has 0 aromatic rings. The van der Waals surface area contributed by atoms with Gasteiger partial charge in [-0.3, -0.25) is 0 Å². The lowest BCUT2D eigenvalue weighted by molar-refractivity contribution is -0.165. The van der Waals surface area contributed by atoms with Crippen LogP contribution in [0.1, 0.15) is 6.42 Å². The molecule has 2 N–H and O–H groups in total. The Morgan fingerprint density at radius 1 is 1.47 bits per heavy atom. The summed E-state index contributed by atoms with van der Waals surface area (Å²) in [6, 6.07) is -1.29. The minimum Gasteiger partial charge on any atom is -0.322 e. The minimum absolute atomic E-state index is 0.132. The lowest BCUT2D eigenvalue weighted by Gasteiger charge is -2.41. The number of hydrogen-bond acceptors (Lipinski definition) is 1. The third kappa shape index (κ3) is 2.68. The first-order chi connectivity index (χ1) is 6.50. The van der Waals surface area contributed by atoms with Gasteiger partial charge < -0.3 is 5.73 Å². The van der Waals surface area contributed by atoms with Crippen molar-refractivity contribution in [3.05, 3.63) is 9.66 Å². The Hall–Kier alpha value is 1.11. The van der Waals surface area contributed by atoms with E-state index < -0.39 is 27.5 Å².